The molecule has 0 aliphatic heterocycles. The molecule has 0 fully saturated rings. The number of fused-ring (bicyclic) bond motifs is 1. The number of aromatic nitrogens is 1. The summed E-state index contributed by atoms with van der Waals surface area (Å²) in [6.45, 7) is 4.09. The van der Waals surface area contributed by atoms with E-state index < -0.39 is 0 Å². The second kappa shape index (κ2) is 4.94. The molecule has 2 N–H and O–H groups in total. The Morgan fingerprint density at radius 3 is 2.94 bits per heavy atom. The van der Waals surface area contributed by atoms with E-state index in [1.807, 2.05) is 26.1 Å². The molecule has 4 nitrogen and oxygen atoms in total. The van der Waals surface area contributed by atoms with E-state index in [1.165, 1.54) is 11.3 Å². The third-order valence-electron chi connectivity index (χ3n) is 3.25. The molecule has 2 aromatic heterocycles. The van der Waals surface area contributed by atoms with Gasteiger partial charge in [-0.1, -0.05) is 6.92 Å². The molecule has 1 amide bonds. The van der Waals surface area contributed by atoms with Gasteiger partial charge in [0.25, 0.3) is 5.91 Å². The summed E-state index contributed by atoms with van der Waals surface area (Å²) in [5, 5.41) is 0. The molecule has 0 bridgehead atoms. The normalized spacial score (nSPS) is 12.6. The predicted octanol–water partition coefficient (Wildman–Crippen LogP) is 2.75. The van der Waals surface area contributed by atoms with Crippen molar-refractivity contribution in [3.05, 3.63) is 23.2 Å². The zero-order chi connectivity index (χ0) is 13.3. The van der Waals surface area contributed by atoms with Crippen LogP contribution in [-0.2, 0) is 0 Å². The summed E-state index contributed by atoms with van der Waals surface area (Å²) in [7, 11) is 1.81. The number of nitrogens with zero attached hydrogens (tertiary/aromatic N) is 2. The Morgan fingerprint density at radius 2 is 2.33 bits per heavy atom. The van der Waals surface area contributed by atoms with Gasteiger partial charge in [-0.2, -0.15) is 0 Å². The summed E-state index contributed by atoms with van der Waals surface area (Å²) in [5.74, 6) is -0.0233. The van der Waals surface area contributed by atoms with Gasteiger partial charge in [-0.25, -0.2) is 0 Å². The minimum atomic E-state index is -0.0233. The van der Waals surface area contributed by atoms with Crippen LogP contribution in [0.4, 0.5) is 5.69 Å². The fraction of sp³-hybridized carbons (Fsp3) is 0.385. The van der Waals surface area contributed by atoms with E-state index in [9.17, 15) is 4.79 Å². The Kier molecular flexibility index (Phi) is 3.52. The Labute approximate surface area is 110 Å². The van der Waals surface area contributed by atoms with Crippen molar-refractivity contribution in [2.45, 2.75) is 26.3 Å². The van der Waals surface area contributed by atoms with Gasteiger partial charge >= 0.3 is 0 Å². The summed E-state index contributed by atoms with van der Waals surface area (Å²) in [6.07, 6.45) is 2.61. The molecule has 18 heavy (non-hydrogen) atoms. The number of nitrogens with two attached hydrogens (primary N) is 1. The van der Waals surface area contributed by atoms with Crippen molar-refractivity contribution in [3.63, 3.8) is 0 Å². The summed E-state index contributed by atoms with van der Waals surface area (Å²) in [6, 6.07) is 3.99. The van der Waals surface area contributed by atoms with Crippen LogP contribution in [0, 0.1) is 0 Å². The molecule has 0 saturated heterocycles. The molecule has 5 heteroatoms. The lowest BCUT2D eigenvalue weighted by atomic mass is 10.2. The Balaban J connectivity index is 2.42. The molecule has 0 radical (unpaired) electrons. The number of hydrogen-bond donors (Lipinski definition) is 1. The van der Waals surface area contributed by atoms with Gasteiger partial charge in [-0.3, -0.25) is 9.78 Å². The average Bonchev–Trinajstić information content (AvgIpc) is 2.74. The summed E-state index contributed by atoms with van der Waals surface area (Å²) in [5.41, 5.74) is 7.24. The van der Waals surface area contributed by atoms with Crippen molar-refractivity contribution in [2.24, 2.45) is 0 Å². The lowest BCUT2D eigenvalue weighted by molar-refractivity contribution is 0.0746. The first-order valence-electron chi connectivity index (χ1n) is 5.96. The monoisotopic (exact) mass is 263 g/mol. The Bertz CT molecular complexity index is 579. The minimum absolute atomic E-state index is 0.0233. The van der Waals surface area contributed by atoms with Crippen LogP contribution in [0.25, 0.3) is 10.2 Å². The van der Waals surface area contributed by atoms with E-state index in [0.29, 0.717) is 10.6 Å². The molecule has 0 aliphatic rings. The molecule has 1 unspecified atom stereocenters. The zero-order valence-corrected chi connectivity index (χ0v) is 11.6. The Hall–Kier alpha value is -1.62. The molecule has 0 aromatic carbocycles. The molecule has 0 spiro atoms. The lowest BCUT2D eigenvalue weighted by Crippen LogP contribution is -2.34. The highest BCUT2D eigenvalue weighted by Crippen LogP contribution is 2.32. The number of thiophene rings is 1. The lowest BCUT2D eigenvalue weighted by Gasteiger charge is -2.23. The highest BCUT2D eigenvalue weighted by molar-refractivity contribution is 7.21. The highest BCUT2D eigenvalue weighted by atomic mass is 32.1. The zero-order valence-electron chi connectivity index (χ0n) is 10.8. The van der Waals surface area contributed by atoms with E-state index in [-0.39, 0.29) is 11.9 Å². The van der Waals surface area contributed by atoms with Crippen LogP contribution in [0.5, 0.6) is 0 Å². The second-order valence-electron chi connectivity index (χ2n) is 4.37. The van der Waals surface area contributed by atoms with E-state index in [2.05, 4.69) is 11.9 Å². The van der Waals surface area contributed by atoms with E-state index in [4.69, 9.17) is 5.73 Å². The first-order chi connectivity index (χ1) is 8.56. The fourth-order valence-corrected chi connectivity index (χ4v) is 2.80. The summed E-state index contributed by atoms with van der Waals surface area (Å²) < 4.78 is 0.955. The third-order valence-corrected chi connectivity index (χ3v) is 4.40. The van der Waals surface area contributed by atoms with Gasteiger partial charge in [0.05, 0.1) is 10.4 Å². The molecule has 2 rings (SSSR count). The van der Waals surface area contributed by atoms with Gasteiger partial charge in [0, 0.05) is 19.3 Å². The molecule has 0 saturated carbocycles. The van der Waals surface area contributed by atoms with Crippen molar-refractivity contribution in [2.75, 3.05) is 12.8 Å². The summed E-state index contributed by atoms with van der Waals surface area (Å²) in [4.78, 5) is 18.9. The van der Waals surface area contributed by atoms with Crippen LogP contribution < -0.4 is 5.73 Å². The van der Waals surface area contributed by atoms with Crippen molar-refractivity contribution < 1.29 is 4.79 Å². The largest absolute Gasteiger partial charge is 0.396 e. The number of carbonyl (C=O) groups excluding carboxylic acids is 1. The molecular weight excluding hydrogens is 246 g/mol. The van der Waals surface area contributed by atoms with Gasteiger partial charge in [0.2, 0.25) is 0 Å². The Morgan fingerprint density at radius 1 is 1.61 bits per heavy atom. The molecule has 96 valence electrons. The van der Waals surface area contributed by atoms with E-state index >= 15 is 0 Å². The van der Waals surface area contributed by atoms with Gasteiger partial charge in [-0.15, -0.1) is 11.3 Å². The first-order valence-corrected chi connectivity index (χ1v) is 6.78. The van der Waals surface area contributed by atoms with Gasteiger partial charge in [-0.05, 0) is 25.5 Å². The predicted molar refractivity (Wildman–Crippen MR) is 75.9 cm³/mol. The molecule has 1 atom stereocenters. The minimum Gasteiger partial charge on any atom is -0.396 e. The fourth-order valence-electron chi connectivity index (χ4n) is 1.74. The molecule has 2 heterocycles. The second-order valence-corrected chi connectivity index (χ2v) is 5.42. The van der Waals surface area contributed by atoms with Gasteiger partial charge < -0.3 is 10.6 Å². The SMILES string of the molecule is CCC(C)N(C)C(=O)c1sc2cccnc2c1N. The van der Waals surface area contributed by atoms with Crippen LogP contribution in [0.2, 0.25) is 0 Å². The van der Waals surface area contributed by atoms with E-state index in [0.717, 1.165) is 16.6 Å². The quantitative estimate of drug-likeness (QED) is 0.926. The first kappa shape index (κ1) is 12.8. The topological polar surface area (TPSA) is 59.2 Å². The maximum atomic E-state index is 12.4. The molecule has 2 aromatic rings. The van der Waals surface area contributed by atoms with Crippen LogP contribution in [0.1, 0.15) is 29.9 Å². The number of hydrogen-bond acceptors (Lipinski definition) is 4. The molecule has 0 aliphatic carbocycles. The number of carbonyl (C=O) groups is 1. The highest BCUT2D eigenvalue weighted by Gasteiger charge is 2.22. The van der Waals surface area contributed by atoms with Crippen molar-refractivity contribution in [1.82, 2.24) is 9.88 Å². The van der Waals surface area contributed by atoms with Crippen molar-refractivity contribution >= 4 is 33.1 Å². The van der Waals surface area contributed by atoms with Crippen LogP contribution >= 0.6 is 11.3 Å². The number of nitrogen functional groups attached to an aromatic ring is 1. The smallest absolute Gasteiger partial charge is 0.266 e. The third kappa shape index (κ3) is 2.06. The average molecular weight is 263 g/mol. The number of anilines is 1. The van der Waals surface area contributed by atoms with Crippen molar-refractivity contribution in [1.29, 1.82) is 0 Å². The van der Waals surface area contributed by atoms with Gasteiger partial charge in [0.15, 0.2) is 0 Å². The summed E-state index contributed by atoms with van der Waals surface area (Å²) >= 11 is 1.41. The maximum absolute atomic E-state index is 12.4. The van der Waals surface area contributed by atoms with Crippen molar-refractivity contribution in [3.8, 4) is 0 Å². The van der Waals surface area contributed by atoms with Crippen LogP contribution in [0.15, 0.2) is 18.3 Å². The maximum Gasteiger partial charge on any atom is 0.266 e. The standard InChI is InChI=1S/C13H17N3OS/c1-4-8(2)16(3)13(17)12-10(14)11-9(18-12)6-5-7-15-11/h5-8H,4,14H2,1-3H3. The van der Waals surface area contributed by atoms with Crippen LogP contribution in [0.3, 0.4) is 0 Å². The van der Waals surface area contributed by atoms with E-state index in [1.54, 1.807) is 11.1 Å². The number of rotatable bonds is 3. The number of pyridine rings is 1. The molecular formula is C13H17N3OS. The van der Waals surface area contributed by atoms with Gasteiger partial charge in [0.1, 0.15) is 10.4 Å². The van der Waals surface area contributed by atoms with Crippen LogP contribution in [-0.4, -0.2) is 28.9 Å². The number of amides is 1.